The molecule has 0 aliphatic heterocycles. The van der Waals surface area contributed by atoms with Crippen molar-refractivity contribution in [3.8, 4) is 0 Å². The molecule has 0 aliphatic rings. The third kappa shape index (κ3) is 36.9. The summed E-state index contributed by atoms with van der Waals surface area (Å²) in [5.74, 6) is -0.653. The highest BCUT2D eigenvalue weighted by molar-refractivity contribution is 5.69. The largest absolute Gasteiger partial charge is 0.481 e. The van der Waals surface area contributed by atoms with E-state index < -0.39 is 5.97 Å². The van der Waals surface area contributed by atoms with E-state index in [-0.39, 0.29) is 12.1 Å². The van der Waals surface area contributed by atoms with Crippen molar-refractivity contribution < 1.29 is 19.4 Å². The van der Waals surface area contributed by atoms with Gasteiger partial charge in [-0.25, -0.2) is 0 Å². The van der Waals surface area contributed by atoms with Crippen LogP contribution in [0.4, 0.5) is 0 Å². The molecule has 0 heterocycles. The highest BCUT2D eigenvalue weighted by Crippen LogP contribution is 2.18. The van der Waals surface area contributed by atoms with Crippen LogP contribution in [0, 0.1) is 0 Å². The molecule has 270 valence electrons. The number of unbranched alkanes of at least 4 members (excludes halogenated alkanes) is 24. The van der Waals surface area contributed by atoms with E-state index in [4.69, 9.17) is 9.84 Å². The third-order valence-corrected chi connectivity index (χ3v) is 9.16. The molecule has 0 amide bonds. The Bertz CT molecular complexity index is 698. The molecule has 0 aromatic rings. The zero-order chi connectivity index (χ0) is 33.6. The highest BCUT2D eigenvalue weighted by atomic mass is 16.5. The van der Waals surface area contributed by atoms with Gasteiger partial charge in [-0.15, -0.1) is 0 Å². The fourth-order valence-corrected chi connectivity index (χ4v) is 6.21. The molecule has 0 aliphatic carbocycles. The van der Waals surface area contributed by atoms with Crippen molar-refractivity contribution in [3.63, 3.8) is 0 Å². The van der Waals surface area contributed by atoms with Crippen LogP contribution in [0.2, 0.25) is 0 Å². The Kier molecular flexibility index (Phi) is 36.6. The summed E-state index contributed by atoms with van der Waals surface area (Å²) in [7, 11) is 0. The Labute approximate surface area is 287 Å². The number of carboxylic acids is 1. The maximum atomic E-state index is 12.4. The lowest BCUT2D eigenvalue weighted by Crippen LogP contribution is -2.18. The minimum absolute atomic E-state index is 0.0199. The van der Waals surface area contributed by atoms with Crippen molar-refractivity contribution in [1.29, 1.82) is 0 Å². The summed E-state index contributed by atoms with van der Waals surface area (Å²) in [6.45, 7) is 4.44. The second kappa shape index (κ2) is 37.9. The van der Waals surface area contributed by atoms with Gasteiger partial charge in [-0.05, 0) is 64.2 Å². The van der Waals surface area contributed by atoms with Gasteiger partial charge in [-0.1, -0.05) is 173 Å². The van der Waals surface area contributed by atoms with Crippen molar-refractivity contribution in [2.75, 3.05) is 0 Å². The van der Waals surface area contributed by atoms with Crippen LogP contribution < -0.4 is 0 Å². The van der Waals surface area contributed by atoms with E-state index in [0.29, 0.717) is 12.8 Å². The lowest BCUT2D eigenvalue weighted by Gasteiger charge is -2.17. The summed E-state index contributed by atoms with van der Waals surface area (Å²) in [6.07, 6.45) is 48.4. The molecule has 46 heavy (non-hydrogen) atoms. The summed E-state index contributed by atoms with van der Waals surface area (Å²) in [4.78, 5) is 22.9. The van der Waals surface area contributed by atoms with Crippen molar-refractivity contribution >= 4 is 11.9 Å². The van der Waals surface area contributed by atoms with Crippen LogP contribution in [0.15, 0.2) is 24.3 Å². The van der Waals surface area contributed by atoms with Gasteiger partial charge in [0.15, 0.2) is 0 Å². The molecule has 4 nitrogen and oxygen atoms in total. The Morgan fingerprint density at radius 3 is 1.35 bits per heavy atom. The molecule has 0 bridgehead atoms. The summed E-state index contributed by atoms with van der Waals surface area (Å²) in [6, 6.07) is 0. The van der Waals surface area contributed by atoms with Gasteiger partial charge in [0.05, 0.1) is 0 Å². The van der Waals surface area contributed by atoms with Crippen LogP contribution in [0.25, 0.3) is 0 Å². The van der Waals surface area contributed by atoms with E-state index >= 15 is 0 Å². The fraction of sp³-hybridized carbons (Fsp3) is 0.857. The van der Waals surface area contributed by atoms with Crippen LogP contribution in [0.5, 0.6) is 0 Å². The molecule has 0 saturated carbocycles. The monoisotopic (exact) mass is 647 g/mol. The Morgan fingerprint density at radius 1 is 0.478 bits per heavy atom. The van der Waals surface area contributed by atoms with E-state index in [0.717, 1.165) is 57.8 Å². The maximum Gasteiger partial charge on any atom is 0.306 e. The minimum Gasteiger partial charge on any atom is -0.481 e. The van der Waals surface area contributed by atoms with Crippen molar-refractivity contribution in [2.24, 2.45) is 0 Å². The molecule has 1 atom stereocenters. The molecule has 0 saturated heterocycles. The smallest absolute Gasteiger partial charge is 0.306 e. The standard InChI is InChI=1S/C42H78O4/c1-3-5-6-7-8-9-10-11-12-13-14-15-16-17-18-19-23-26-29-32-35-39-42(45)46-40(36-4-2)37-33-30-27-24-21-20-22-25-28-31-34-38-41(43)44/h8-9,11-12,40H,3-7,10,13-39H2,1-2H3,(H,43,44)/b9-8-,12-11-. The predicted octanol–water partition coefficient (Wildman–Crippen LogP) is 14.0. The number of aliphatic carboxylic acids is 1. The second-order valence-electron chi connectivity index (χ2n) is 13.8. The molecule has 1 N–H and O–H groups in total. The predicted molar refractivity (Wildman–Crippen MR) is 200 cm³/mol. The summed E-state index contributed by atoms with van der Waals surface area (Å²) in [5.41, 5.74) is 0. The molecule has 0 aromatic heterocycles. The number of hydrogen-bond donors (Lipinski definition) is 1. The van der Waals surface area contributed by atoms with Crippen LogP contribution in [-0.2, 0) is 14.3 Å². The minimum atomic E-state index is -0.673. The Balaban J connectivity index is 3.51. The highest BCUT2D eigenvalue weighted by Gasteiger charge is 2.13. The first-order valence-corrected chi connectivity index (χ1v) is 20.3. The lowest BCUT2D eigenvalue weighted by atomic mass is 10.0. The number of carbonyl (C=O) groups excluding carboxylic acids is 1. The van der Waals surface area contributed by atoms with E-state index in [2.05, 4.69) is 38.2 Å². The maximum absolute atomic E-state index is 12.4. The molecule has 4 heteroatoms. The van der Waals surface area contributed by atoms with Crippen molar-refractivity contribution in [3.05, 3.63) is 24.3 Å². The number of allylic oxidation sites excluding steroid dienone is 4. The normalized spacial score (nSPS) is 12.4. The zero-order valence-corrected chi connectivity index (χ0v) is 30.9. The quantitative estimate of drug-likeness (QED) is 0.0414. The SMILES string of the molecule is CCCCC/C=C\C/C=C\CCCCCCCCCCCCCC(=O)OC(CCC)CCCCCCCCCCCCCC(=O)O. The number of carbonyl (C=O) groups is 2. The van der Waals surface area contributed by atoms with Gasteiger partial charge in [-0.2, -0.15) is 0 Å². The first-order valence-electron chi connectivity index (χ1n) is 20.3. The fourth-order valence-electron chi connectivity index (χ4n) is 6.21. The van der Waals surface area contributed by atoms with Crippen LogP contribution in [0.3, 0.4) is 0 Å². The van der Waals surface area contributed by atoms with E-state index in [9.17, 15) is 9.59 Å². The van der Waals surface area contributed by atoms with Crippen LogP contribution >= 0.6 is 0 Å². The number of carboxylic acid groups (broad SMARTS) is 1. The van der Waals surface area contributed by atoms with E-state index in [1.807, 2.05) is 0 Å². The van der Waals surface area contributed by atoms with Gasteiger partial charge in [0, 0.05) is 12.8 Å². The topological polar surface area (TPSA) is 63.6 Å². The van der Waals surface area contributed by atoms with Gasteiger partial charge < -0.3 is 9.84 Å². The molecule has 0 fully saturated rings. The van der Waals surface area contributed by atoms with E-state index in [1.54, 1.807) is 0 Å². The first-order chi connectivity index (χ1) is 22.6. The molecule has 1 unspecified atom stereocenters. The Morgan fingerprint density at radius 2 is 0.891 bits per heavy atom. The number of ether oxygens (including phenoxy) is 1. The molecular weight excluding hydrogens is 568 g/mol. The van der Waals surface area contributed by atoms with Gasteiger partial charge in [0.1, 0.15) is 6.10 Å². The molecule has 0 aromatic carbocycles. The van der Waals surface area contributed by atoms with Gasteiger partial charge in [0.25, 0.3) is 0 Å². The molecular formula is C42H78O4. The lowest BCUT2D eigenvalue weighted by molar-refractivity contribution is -0.150. The number of hydrogen-bond acceptors (Lipinski definition) is 3. The number of esters is 1. The molecule has 0 radical (unpaired) electrons. The summed E-state index contributed by atoms with van der Waals surface area (Å²) < 4.78 is 5.87. The first kappa shape index (κ1) is 44.4. The average Bonchev–Trinajstić information content (AvgIpc) is 3.03. The van der Waals surface area contributed by atoms with Crippen LogP contribution in [-0.4, -0.2) is 23.1 Å². The summed E-state index contributed by atoms with van der Waals surface area (Å²) >= 11 is 0. The van der Waals surface area contributed by atoms with E-state index in [1.165, 1.54) is 141 Å². The van der Waals surface area contributed by atoms with Gasteiger partial charge in [0.2, 0.25) is 0 Å². The number of rotatable bonds is 37. The third-order valence-electron chi connectivity index (χ3n) is 9.16. The Hall–Kier alpha value is -1.58. The van der Waals surface area contributed by atoms with Gasteiger partial charge in [-0.3, -0.25) is 9.59 Å². The van der Waals surface area contributed by atoms with Crippen LogP contribution in [0.1, 0.15) is 226 Å². The van der Waals surface area contributed by atoms with Gasteiger partial charge >= 0.3 is 11.9 Å². The van der Waals surface area contributed by atoms with Crippen molar-refractivity contribution in [1.82, 2.24) is 0 Å². The molecule has 0 rings (SSSR count). The molecule has 0 spiro atoms. The zero-order valence-electron chi connectivity index (χ0n) is 30.9. The average molecular weight is 647 g/mol. The second-order valence-corrected chi connectivity index (χ2v) is 13.8. The summed E-state index contributed by atoms with van der Waals surface area (Å²) in [5, 5.41) is 8.67. The van der Waals surface area contributed by atoms with Crippen molar-refractivity contribution in [2.45, 2.75) is 232 Å².